The van der Waals surface area contributed by atoms with Crippen LogP contribution in [-0.4, -0.2) is 22.1 Å². The van der Waals surface area contributed by atoms with Gasteiger partial charge in [0.1, 0.15) is 22.3 Å². The molecule has 0 fully saturated rings. The van der Waals surface area contributed by atoms with Crippen molar-refractivity contribution in [1.29, 1.82) is 0 Å². The van der Waals surface area contributed by atoms with Crippen molar-refractivity contribution in [2.24, 2.45) is 0 Å². The van der Waals surface area contributed by atoms with Gasteiger partial charge in [-0.25, -0.2) is 9.78 Å². The minimum absolute atomic E-state index is 0.397. The van der Waals surface area contributed by atoms with Crippen LogP contribution in [0.2, 0.25) is 0 Å². The molecule has 0 aromatic carbocycles. The molecule has 16 heavy (non-hydrogen) atoms. The van der Waals surface area contributed by atoms with E-state index in [0.717, 1.165) is 0 Å². The van der Waals surface area contributed by atoms with Crippen molar-refractivity contribution in [2.45, 2.75) is 0 Å². The second kappa shape index (κ2) is 3.06. The lowest BCUT2D eigenvalue weighted by Gasteiger charge is -2.02. The number of pyridine rings is 2. The maximum atomic E-state index is 11.1. The predicted molar refractivity (Wildman–Crippen MR) is 56.5 cm³/mol. The third-order valence-electron chi connectivity index (χ3n) is 2.32. The third kappa shape index (κ3) is 1.10. The van der Waals surface area contributed by atoms with Gasteiger partial charge in [0.2, 0.25) is 0 Å². The summed E-state index contributed by atoms with van der Waals surface area (Å²) in [6.07, 6.45) is 3.10. The zero-order chi connectivity index (χ0) is 11.1. The molecule has 80 valence electrons. The van der Waals surface area contributed by atoms with Crippen molar-refractivity contribution >= 4 is 22.1 Å². The number of hydrogen-bond acceptors (Lipinski definition) is 5. The maximum absolute atomic E-state index is 11.1. The van der Waals surface area contributed by atoms with E-state index < -0.39 is 5.76 Å². The minimum atomic E-state index is -0.520. The molecule has 1 N–H and O–H groups in total. The Balaban J connectivity index is 2.56. The Bertz CT molecular complexity index is 729. The molecule has 0 aliphatic heterocycles. The van der Waals surface area contributed by atoms with E-state index in [0.29, 0.717) is 27.9 Å². The number of nitrogens with one attached hydrogen (secondary N) is 1. The first-order valence-electron chi connectivity index (χ1n) is 4.60. The molecule has 0 unspecified atom stereocenters. The molecule has 0 aliphatic carbocycles. The van der Waals surface area contributed by atoms with Gasteiger partial charge in [-0.1, -0.05) is 0 Å². The number of methoxy groups -OCH3 is 1. The van der Waals surface area contributed by atoms with Crippen molar-refractivity contribution in [3.05, 3.63) is 29.0 Å². The molecule has 3 aromatic heterocycles. The summed E-state index contributed by atoms with van der Waals surface area (Å²) < 4.78 is 10.2. The van der Waals surface area contributed by atoms with E-state index in [1.54, 1.807) is 19.4 Å². The maximum Gasteiger partial charge on any atom is 0.417 e. The lowest BCUT2D eigenvalue weighted by molar-refractivity contribution is 0.418. The van der Waals surface area contributed by atoms with Crippen LogP contribution in [0, 0.1) is 0 Å². The standard InChI is InChI=1S/C10H7N3O3/c1-15-6-2-3-11-8-7(6)12-4-5-9(8)16-10(14)13-5/h2-4H,1H3,(H,13,14). The van der Waals surface area contributed by atoms with Crippen molar-refractivity contribution in [2.75, 3.05) is 7.11 Å². The summed E-state index contributed by atoms with van der Waals surface area (Å²) in [5, 5.41) is 0. The van der Waals surface area contributed by atoms with Gasteiger partial charge in [0.15, 0.2) is 5.58 Å². The van der Waals surface area contributed by atoms with E-state index in [-0.39, 0.29) is 0 Å². The van der Waals surface area contributed by atoms with E-state index >= 15 is 0 Å². The molecule has 0 spiro atoms. The smallest absolute Gasteiger partial charge is 0.417 e. The molecule has 0 radical (unpaired) electrons. The Kier molecular flexibility index (Phi) is 1.70. The number of ether oxygens (including phenoxy) is 1. The molecule has 0 aliphatic rings. The van der Waals surface area contributed by atoms with Gasteiger partial charge < -0.3 is 9.15 Å². The fourth-order valence-electron chi connectivity index (χ4n) is 1.63. The number of aromatic nitrogens is 3. The van der Waals surface area contributed by atoms with Crippen molar-refractivity contribution in [3.8, 4) is 5.75 Å². The van der Waals surface area contributed by atoms with Gasteiger partial charge >= 0.3 is 5.76 Å². The number of nitrogens with zero attached hydrogens (tertiary/aromatic N) is 2. The first-order valence-corrected chi connectivity index (χ1v) is 4.60. The highest BCUT2D eigenvalue weighted by molar-refractivity contribution is 5.99. The molecule has 0 saturated heterocycles. The summed E-state index contributed by atoms with van der Waals surface area (Å²) in [5.41, 5.74) is 2.00. The number of oxazole rings is 1. The molecular formula is C10H7N3O3. The van der Waals surface area contributed by atoms with Crippen LogP contribution in [0.1, 0.15) is 0 Å². The Morgan fingerprint density at radius 2 is 2.25 bits per heavy atom. The zero-order valence-corrected chi connectivity index (χ0v) is 8.35. The summed E-state index contributed by atoms with van der Waals surface area (Å²) in [7, 11) is 1.55. The number of hydrogen-bond donors (Lipinski definition) is 1. The summed E-state index contributed by atoms with van der Waals surface area (Å²) in [5.74, 6) is 0.0738. The molecule has 6 heteroatoms. The molecule has 6 nitrogen and oxygen atoms in total. The second-order valence-corrected chi connectivity index (χ2v) is 3.23. The van der Waals surface area contributed by atoms with Gasteiger partial charge in [-0.2, -0.15) is 0 Å². The highest BCUT2D eigenvalue weighted by Crippen LogP contribution is 2.25. The van der Waals surface area contributed by atoms with E-state index in [1.807, 2.05) is 0 Å². The Labute approximate surface area is 88.9 Å². The van der Waals surface area contributed by atoms with Gasteiger partial charge in [0, 0.05) is 12.3 Å². The summed E-state index contributed by atoms with van der Waals surface area (Å²) >= 11 is 0. The van der Waals surface area contributed by atoms with Crippen LogP contribution in [0.25, 0.3) is 22.1 Å². The van der Waals surface area contributed by atoms with Crippen molar-refractivity contribution < 1.29 is 9.15 Å². The number of aromatic amines is 1. The van der Waals surface area contributed by atoms with Crippen LogP contribution in [0.3, 0.4) is 0 Å². The number of fused-ring (bicyclic) bond motifs is 3. The summed E-state index contributed by atoms with van der Waals surface area (Å²) in [6.45, 7) is 0. The van der Waals surface area contributed by atoms with Gasteiger partial charge in [-0.05, 0) is 0 Å². The quantitative estimate of drug-likeness (QED) is 0.659. The van der Waals surface area contributed by atoms with Gasteiger partial charge in [-0.3, -0.25) is 9.97 Å². The average Bonchev–Trinajstić information content (AvgIpc) is 2.69. The summed E-state index contributed by atoms with van der Waals surface area (Å²) in [4.78, 5) is 21.9. The highest BCUT2D eigenvalue weighted by Gasteiger charge is 2.11. The van der Waals surface area contributed by atoms with Crippen molar-refractivity contribution in [1.82, 2.24) is 15.0 Å². The first-order chi connectivity index (χ1) is 7.79. The molecule has 0 atom stereocenters. The first kappa shape index (κ1) is 8.90. The third-order valence-corrected chi connectivity index (χ3v) is 2.32. The monoisotopic (exact) mass is 217 g/mol. The van der Waals surface area contributed by atoms with Crippen LogP contribution >= 0.6 is 0 Å². The molecule has 0 bridgehead atoms. The minimum Gasteiger partial charge on any atom is -0.494 e. The van der Waals surface area contributed by atoms with Crippen LogP contribution < -0.4 is 10.5 Å². The molecule has 3 aromatic rings. The van der Waals surface area contributed by atoms with Crippen LogP contribution in [-0.2, 0) is 0 Å². The SMILES string of the molecule is COc1ccnc2c1ncc1[nH]c(=O)oc12. The topological polar surface area (TPSA) is 81.0 Å². The molecule has 3 rings (SSSR count). The van der Waals surface area contributed by atoms with Crippen LogP contribution in [0.4, 0.5) is 0 Å². The Hall–Kier alpha value is -2.37. The van der Waals surface area contributed by atoms with Gasteiger partial charge in [-0.15, -0.1) is 0 Å². The lowest BCUT2D eigenvalue weighted by Crippen LogP contribution is -1.92. The van der Waals surface area contributed by atoms with E-state index in [4.69, 9.17) is 9.15 Å². The van der Waals surface area contributed by atoms with E-state index in [2.05, 4.69) is 15.0 Å². The fraction of sp³-hybridized carbons (Fsp3) is 0.100. The lowest BCUT2D eigenvalue weighted by atomic mass is 10.3. The van der Waals surface area contributed by atoms with Crippen LogP contribution in [0.5, 0.6) is 5.75 Å². The van der Waals surface area contributed by atoms with E-state index in [9.17, 15) is 4.79 Å². The van der Waals surface area contributed by atoms with Crippen LogP contribution in [0.15, 0.2) is 27.7 Å². The number of rotatable bonds is 1. The number of H-pyrrole nitrogens is 1. The predicted octanol–water partition coefficient (Wildman–Crippen LogP) is 1.07. The highest BCUT2D eigenvalue weighted by atomic mass is 16.5. The van der Waals surface area contributed by atoms with Gasteiger partial charge in [0.25, 0.3) is 0 Å². The fourth-order valence-corrected chi connectivity index (χ4v) is 1.63. The summed E-state index contributed by atoms with van der Waals surface area (Å²) in [6, 6.07) is 1.70. The molecule has 3 heterocycles. The van der Waals surface area contributed by atoms with Gasteiger partial charge in [0.05, 0.1) is 13.3 Å². The van der Waals surface area contributed by atoms with E-state index in [1.165, 1.54) is 6.20 Å². The second-order valence-electron chi connectivity index (χ2n) is 3.23. The molecule has 0 amide bonds. The average molecular weight is 217 g/mol. The largest absolute Gasteiger partial charge is 0.494 e. The molecular weight excluding hydrogens is 210 g/mol. The van der Waals surface area contributed by atoms with Crippen molar-refractivity contribution in [3.63, 3.8) is 0 Å². The zero-order valence-electron chi connectivity index (χ0n) is 8.35. The normalized spacial score (nSPS) is 11.1. The Morgan fingerprint density at radius 3 is 3.06 bits per heavy atom. The molecule has 0 saturated carbocycles. The Morgan fingerprint density at radius 1 is 1.38 bits per heavy atom.